The first-order valence-corrected chi connectivity index (χ1v) is 21.2. The van der Waals surface area contributed by atoms with Crippen LogP contribution in [0, 0.1) is 0 Å². The maximum atomic E-state index is 6.19. The van der Waals surface area contributed by atoms with Crippen molar-refractivity contribution in [2.75, 3.05) is 4.90 Å². The van der Waals surface area contributed by atoms with Crippen molar-refractivity contribution in [2.24, 2.45) is 0 Å². The third-order valence-electron chi connectivity index (χ3n) is 13.7. The van der Waals surface area contributed by atoms with Crippen molar-refractivity contribution >= 4 is 39.0 Å². The molecule has 1 heterocycles. The molecule has 0 fully saturated rings. The van der Waals surface area contributed by atoms with Crippen molar-refractivity contribution in [2.45, 2.75) is 37.5 Å². The van der Waals surface area contributed by atoms with Crippen LogP contribution in [0.4, 0.5) is 17.1 Å². The van der Waals surface area contributed by atoms with Gasteiger partial charge in [-0.2, -0.15) is 0 Å². The van der Waals surface area contributed by atoms with Gasteiger partial charge in [0.1, 0.15) is 11.2 Å². The molecule has 12 rings (SSSR count). The molecule has 2 nitrogen and oxygen atoms in total. The Morgan fingerprint density at radius 3 is 2.02 bits per heavy atom. The molecule has 0 aliphatic heterocycles. The normalized spacial score (nSPS) is 16.9. The number of rotatable bonds is 6. The van der Waals surface area contributed by atoms with Gasteiger partial charge >= 0.3 is 0 Å². The number of furan rings is 1. The molecule has 1 unspecified atom stereocenters. The number of allylic oxidation sites excluding steroid dienone is 4. The Bertz CT molecular complexity index is 3230. The molecule has 0 radical (unpaired) electrons. The smallest absolute Gasteiger partial charge is 0.135 e. The van der Waals surface area contributed by atoms with Crippen LogP contribution in [0.25, 0.3) is 55.3 Å². The van der Waals surface area contributed by atoms with Gasteiger partial charge < -0.3 is 9.32 Å². The summed E-state index contributed by atoms with van der Waals surface area (Å²) in [5, 5.41) is 2.28. The maximum Gasteiger partial charge on any atom is 0.135 e. The summed E-state index contributed by atoms with van der Waals surface area (Å²) in [4.78, 5) is 2.52. The van der Waals surface area contributed by atoms with Gasteiger partial charge in [0.05, 0.1) is 11.1 Å². The number of para-hydroxylation sites is 1. The van der Waals surface area contributed by atoms with Crippen molar-refractivity contribution in [1.29, 1.82) is 0 Å². The van der Waals surface area contributed by atoms with E-state index in [0.717, 1.165) is 46.2 Å². The minimum atomic E-state index is -0.416. The van der Waals surface area contributed by atoms with E-state index in [9.17, 15) is 0 Å². The Hall–Kier alpha value is -7.16. The average molecular weight is 770 g/mol. The first-order valence-electron chi connectivity index (χ1n) is 21.2. The second-order valence-corrected chi connectivity index (χ2v) is 17.1. The van der Waals surface area contributed by atoms with Crippen LogP contribution in [0.5, 0.6) is 0 Å². The summed E-state index contributed by atoms with van der Waals surface area (Å²) < 4.78 is 6.19. The van der Waals surface area contributed by atoms with Crippen molar-refractivity contribution in [1.82, 2.24) is 0 Å². The van der Waals surface area contributed by atoms with Gasteiger partial charge in [-0.05, 0) is 117 Å². The highest BCUT2D eigenvalue weighted by molar-refractivity contribution is 6.06. The van der Waals surface area contributed by atoms with E-state index in [0.29, 0.717) is 0 Å². The predicted molar refractivity (Wildman–Crippen MR) is 250 cm³/mol. The zero-order chi connectivity index (χ0) is 40.0. The monoisotopic (exact) mass is 769 g/mol. The molecule has 0 bridgehead atoms. The fourth-order valence-corrected chi connectivity index (χ4v) is 10.9. The fraction of sp³-hybridized carbons (Fsp3) is 0.103. The molecule has 1 aromatic heterocycles. The molecule has 9 aromatic rings. The molecule has 60 heavy (non-hydrogen) atoms. The van der Waals surface area contributed by atoms with E-state index in [1.54, 1.807) is 0 Å². The van der Waals surface area contributed by atoms with E-state index >= 15 is 0 Å². The number of hydrogen-bond donors (Lipinski definition) is 0. The number of fused-ring (bicyclic) bond motifs is 9. The predicted octanol–water partition coefficient (Wildman–Crippen LogP) is 15.6. The first kappa shape index (κ1) is 34.8. The van der Waals surface area contributed by atoms with Crippen molar-refractivity contribution < 1.29 is 4.42 Å². The van der Waals surface area contributed by atoms with Gasteiger partial charge in [0.25, 0.3) is 0 Å². The molecule has 0 saturated heterocycles. The summed E-state index contributed by atoms with van der Waals surface area (Å²) >= 11 is 0. The van der Waals surface area contributed by atoms with Gasteiger partial charge in [0, 0.05) is 33.1 Å². The molecule has 0 amide bonds. The Kier molecular flexibility index (Phi) is 7.65. The minimum Gasteiger partial charge on any atom is -0.456 e. The van der Waals surface area contributed by atoms with Crippen molar-refractivity contribution in [3.8, 4) is 33.4 Å². The first-order chi connectivity index (χ1) is 29.5. The van der Waals surface area contributed by atoms with E-state index in [2.05, 4.69) is 207 Å². The Labute approximate surface area is 351 Å². The SMILES string of the molecule is CC1(C)c2ccccc2-c2ccc(N(c3ccc(-c4ccc5oc6ccccc6c5c4)cc3)c3cccc4c3-c3ccccc3C4(C3=CC=CCC3)c3ccccc3)cc21. The lowest BCUT2D eigenvalue weighted by Crippen LogP contribution is -2.30. The number of hydrogen-bond acceptors (Lipinski definition) is 2. The topological polar surface area (TPSA) is 16.4 Å². The number of anilines is 3. The van der Waals surface area contributed by atoms with Crippen LogP contribution in [0.2, 0.25) is 0 Å². The van der Waals surface area contributed by atoms with Gasteiger partial charge in [-0.1, -0.05) is 171 Å². The van der Waals surface area contributed by atoms with Crippen molar-refractivity contribution in [3.63, 3.8) is 0 Å². The van der Waals surface area contributed by atoms with E-state index in [1.807, 2.05) is 12.1 Å². The molecule has 0 spiro atoms. The van der Waals surface area contributed by atoms with Crippen molar-refractivity contribution in [3.05, 3.63) is 234 Å². The molecule has 1 atom stereocenters. The lowest BCUT2D eigenvalue weighted by Gasteiger charge is -2.37. The minimum absolute atomic E-state index is 0.137. The summed E-state index contributed by atoms with van der Waals surface area (Å²) in [6, 6.07) is 67.5. The van der Waals surface area contributed by atoms with Crippen LogP contribution in [0.3, 0.4) is 0 Å². The molecule has 0 N–H and O–H groups in total. The van der Waals surface area contributed by atoms with Gasteiger partial charge in [0.2, 0.25) is 0 Å². The van der Waals surface area contributed by atoms with Crippen LogP contribution < -0.4 is 4.90 Å². The standard InChI is InChI=1S/C58H43NO/c1-57(2)49-23-12-9-20-44(49)45-34-33-43(37-52(45)57)59(42-31-28-38(29-32-42)39-30-35-55-48(36-39)46-21-11-14-27-54(46)60-55)53-26-15-25-51-56(53)47-22-10-13-24-50(47)58(51,40-16-5-3-6-17-40)41-18-7-4-8-19-41/h3-7,9-18,20-37H,8,19H2,1-2H3. The number of nitrogens with zero attached hydrogens (tertiary/aromatic N) is 1. The molecule has 2 heteroatoms. The zero-order valence-corrected chi connectivity index (χ0v) is 33.8. The summed E-state index contributed by atoms with van der Waals surface area (Å²) in [6.07, 6.45) is 8.99. The van der Waals surface area contributed by atoms with Gasteiger partial charge in [-0.25, -0.2) is 0 Å². The quantitative estimate of drug-likeness (QED) is 0.167. The Morgan fingerprint density at radius 2 is 1.18 bits per heavy atom. The van der Waals surface area contributed by atoms with Crippen LogP contribution >= 0.6 is 0 Å². The van der Waals surface area contributed by atoms with E-state index in [4.69, 9.17) is 4.42 Å². The highest BCUT2D eigenvalue weighted by atomic mass is 16.3. The van der Waals surface area contributed by atoms with E-state index < -0.39 is 5.41 Å². The molecule has 3 aliphatic carbocycles. The summed E-state index contributed by atoms with van der Waals surface area (Å²) in [5.74, 6) is 0. The fourth-order valence-electron chi connectivity index (χ4n) is 10.9. The zero-order valence-electron chi connectivity index (χ0n) is 33.8. The summed E-state index contributed by atoms with van der Waals surface area (Å²) in [5.41, 5.74) is 20.5. The Balaban J connectivity index is 1.08. The molecular formula is C58H43NO. The van der Waals surface area contributed by atoms with Gasteiger partial charge in [-0.3, -0.25) is 0 Å². The largest absolute Gasteiger partial charge is 0.456 e. The second kappa shape index (κ2) is 13.2. The van der Waals surface area contributed by atoms with E-state index in [1.165, 1.54) is 72.5 Å². The molecule has 3 aliphatic rings. The van der Waals surface area contributed by atoms with Gasteiger partial charge in [-0.15, -0.1) is 0 Å². The van der Waals surface area contributed by atoms with Crippen LogP contribution in [-0.2, 0) is 10.8 Å². The summed E-state index contributed by atoms with van der Waals surface area (Å²) in [7, 11) is 0. The van der Waals surface area contributed by atoms with Gasteiger partial charge in [0.15, 0.2) is 0 Å². The molecule has 8 aromatic carbocycles. The third-order valence-corrected chi connectivity index (χ3v) is 13.7. The maximum absolute atomic E-state index is 6.19. The Morgan fingerprint density at radius 1 is 0.500 bits per heavy atom. The lowest BCUT2D eigenvalue weighted by molar-refractivity contribution is 0.660. The third kappa shape index (κ3) is 4.94. The van der Waals surface area contributed by atoms with E-state index in [-0.39, 0.29) is 5.41 Å². The number of benzene rings is 8. The summed E-state index contributed by atoms with van der Waals surface area (Å²) in [6.45, 7) is 4.75. The molecule has 0 saturated carbocycles. The lowest BCUT2D eigenvalue weighted by atomic mass is 9.65. The molecule has 286 valence electrons. The average Bonchev–Trinajstić information content (AvgIpc) is 3.91. The molecular weight excluding hydrogens is 727 g/mol. The van der Waals surface area contributed by atoms with Crippen LogP contribution in [-0.4, -0.2) is 0 Å². The van der Waals surface area contributed by atoms with Crippen LogP contribution in [0.15, 0.2) is 210 Å². The highest BCUT2D eigenvalue weighted by Gasteiger charge is 2.48. The highest BCUT2D eigenvalue weighted by Crippen LogP contribution is 2.61. The van der Waals surface area contributed by atoms with Crippen LogP contribution in [0.1, 0.15) is 54.5 Å². The second-order valence-electron chi connectivity index (χ2n) is 17.1.